The summed E-state index contributed by atoms with van der Waals surface area (Å²) in [7, 11) is 1.64. The van der Waals surface area contributed by atoms with Gasteiger partial charge in [0.05, 0.1) is 7.85 Å². The van der Waals surface area contributed by atoms with E-state index in [1.165, 1.54) is 0 Å². The Balaban J connectivity index is 4.45. The molecular weight excluding hydrogens is 219 g/mol. The van der Waals surface area contributed by atoms with Crippen molar-refractivity contribution in [2.45, 2.75) is 31.5 Å². The van der Waals surface area contributed by atoms with Gasteiger partial charge in [-0.15, -0.1) is 0 Å². The molecule has 0 rings (SSSR count). The normalized spacial score (nSPS) is 15.9. The lowest BCUT2D eigenvalue weighted by atomic mass is 9.66. The van der Waals surface area contributed by atoms with Gasteiger partial charge in [0.15, 0.2) is 0 Å². The van der Waals surface area contributed by atoms with E-state index >= 15 is 0 Å². The van der Waals surface area contributed by atoms with Gasteiger partial charge < -0.3 is 5.11 Å². The van der Waals surface area contributed by atoms with Crippen LogP contribution in [-0.2, 0) is 15.0 Å². The number of rotatable bonds is 7. The number of carbonyl (C=O) groups is 1. The highest BCUT2D eigenvalue weighted by Crippen LogP contribution is 2.28. The molecular formula is C7H15BN2O4S. The van der Waals surface area contributed by atoms with Gasteiger partial charge in [-0.25, -0.2) is 9.86 Å². The smallest absolute Gasteiger partial charge is 0.301 e. The van der Waals surface area contributed by atoms with Gasteiger partial charge in [-0.3, -0.25) is 4.79 Å². The van der Waals surface area contributed by atoms with E-state index in [0.29, 0.717) is 6.42 Å². The van der Waals surface area contributed by atoms with Crippen LogP contribution in [0.4, 0.5) is 0 Å². The van der Waals surface area contributed by atoms with Crippen LogP contribution >= 0.6 is 0 Å². The Labute approximate surface area is 90.8 Å². The molecule has 0 aromatic carbocycles. The molecule has 0 saturated carbocycles. The lowest BCUT2D eigenvalue weighted by Crippen LogP contribution is -2.41. The molecule has 0 heterocycles. The summed E-state index contributed by atoms with van der Waals surface area (Å²) in [4.78, 5) is 10.8. The molecule has 0 bridgehead atoms. The first-order valence-corrected chi connectivity index (χ1v) is 6.05. The fourth-order valence-corrected chi connectivity index (χ4v) is 1.45. The maximum atomic E-state index is 10.8. The third-order valence-corrected chi connectivity index (χ3v) is 2.54. The first kappa shape index (κ1) is 14.4. The van der Waals surface area contributed by atoms with E-state index in [1.54, 1.807) is 0 Å². The van der Waals surface area contributed by atoms with Crippen LogP contribution in [-0.4, -0.2) is 33.9 Å². The number of aliphatic carboxylic acids is 1. The highest BCUT2D eigenvalue weighted by Gasteiger charge is 2.32. The molecule has 0 saturated heterocycles. The van der Waals surface area contributed by atoms with Crippen molar-refractivity contribution in [3.05, 3.63) is 0 Å². The Kier molecular flexibility index (Phi) is 5.26. The maximum absolute atomic E-state index is 10.8. The molecule has 0 amide bonds. The molecule has 0 aliphatic rings. The van der Waals surface area contributed by atoms with Gasteiger partial charge in [0.25, 0.3) is 10.2 Å². The quantitative estimate of drug-likeness (QED) is 0.510. The number of nitrogens with two attached hydrogens (primary N) is 1. The van der Waals surface area contributed by atoms with Gasteiger partial charge in [-0.1, -0.05) is 19.8 Å². The maximum Gasteiger partial charge on any atom is 0.301 e. The molecule has 0 aliphatic heterocycles. The third-order valence-electron chi connectivity index (χ3n) is 1.99. The molecule has 15 heavy (non-hydrogen) atoms. The molecule has 0 fully saturated rings. The second-order valence-corrected chi connectivity index (χ2v) is 4.81. The van der Waals surface area contributed by atoms with E-state index in [1.807, 2.05) is 11.6 Å². The molecule has 0 aliphatic carbocycles. The van der Waals surface area contributed by atoms with Crippen molar-refractivity contribution in [2.24, 2.45) is 5.14 Å². The minimum absolute atomic E-state index is 0.196. The zero-order chi connectivity index (χ0) is 12.1. The van der Waals surface area contributed by atoms with Crippen molar-refractivity contribution in [2.75, 3.05) is 6.54 Å². The fourth-order valence-electron chi connectivity index (χ4n) is 0.993. The Hall–Kier alpha value is -0.595. The first-order valence-electron chi connectivity index (χ1n) is 4.51. The summed E-state index contributed by atoms with van der Waals surface area (Å²) < 4.78 is 23.1. The number of hydrogen-bond acceptors (Lipinski definition) is 3. The minimum atomic E-state index is -3.91. The van der Waals surface area contributed by atoms with Crippen LogP contribution in [0.2, 0.25) is 5.31 Å². The van der Waals surface area contributed by atoms with E-state index in [0.717, 1.165) is 6.42 Å². The molecule has 0 spiro atoms. The topological polar surface area (TPSA) is 109 Å². The number of nitrogens with one attached hydrogen (secondary N) is 1. The van der Waals surface area contributed by atoms with Crippen LogP contribution < -0.4 is 9.86 Å². The Morgan fingerprint density at radius 1 is 1.60 bits per heavy atom. The van der Waals surface area contributed by atoms with Gasteiger partial charge in [0.2, 0.25) is 0 Å². The second kappa shape index (κ2) is 5.48. The van der Waals surface area contributed by atoms with Crippen molar-refractivity contribution < 1.29 is 18.3 Å². The molecule has 2 radical (unpaired) electrons. The molecule has 1 atom stereocenters. The van der Waals surface area contributed by atoms with Gasteiger partial charge in [-0.2, -0.15) is 8.42 Å². The molecule has 0 aromatic rings. The zero-order valence-electron chi connectivity index (χ0n) is 8.56. The zero-order valence-corrected chi connectivity index (χ0v) is 9.38. The summed E-state index contributed by atoms with van der Waals surface area (Å²) in [6.45, 7) is 1.48. The number of hydrogen-bond donors (Lipinski definition) is 3. The number of carboxylic acid groups (broad SMARTS) is 1. The summed E-state index contributed by atoms with van der Waals surface area (Å²) in [5.41, 5.74) is 0. The van der Waals surface area contributed by atoms with Crippen LogP contribution in [0.5, 0.6) is 0 Å². The highest BCUT2D eigenvalue weighted by molar-refractivity contribution is 7.87. The van der Waals surface area contributed by atoms with E-state index in [4.69, 9.17) is 13.0 Å². The SMILES string of the molecule is [B]C(CCCC)(CNS(N)(=O)=O)C(=O)O. The minimum Gasteiger partial charge on any atom is -0.481 e. The van der Waals surface area contributed by atoms with Crippen LogP contribution in [0, 0.1) is 0 Å². The van der Waals surface area contributed by atoms with Crippen molar-refractivity contribution >= 4 is 24.0 Å². The van der Waals surface area contributed by atoms with Gasteiger partial charge >= 0.3 is 5.97 Å². The predicted octanol–water partition coefficient (Wildman–Crippen LogP) is -0.618. The highest BCUT2D eigenvalue weighted by atomic mass is 32.2. The molecule has 0 aromatic heterocycles. The molecule has 8 heteroatoms. The first-order chi connectivity index (χ1) is 6.71. The summed E-state index contributed by atoms with van der Waals surface area (Å²) >= 11 is 0. The summed E-state index contributed by atoms with van der Waals surface area (Å²) in [5, 5.41) is 11.9. The lowest BCUT2D eigenvalue weighted by Gasteiger charge is -2.24. The van der Waals surface area contributed by atoms with E-state index in [9.17, 15) is 13.2 Å². The average molecular weight is 234 g/mol. The van der Waals surface area contributed by atoms with Crippen molar-refractivity contribution in [1.29, 1.82) is 0 Å². The third kappa shape index (κ3) is 5.76. The van der Waals surface area contributed by atoms with E-state index in [2.05, 4.69) is 5.14 Å². The van der Waals surface area contributed by atoms with Gasteiger partial charge in [0.1, 0.15) is 0 Å². The molecule has 4 N–H and O–H groups in total. The monoisotopic (exact) mass is 234 g/mol. The summed E-state index contributed by atoms with van der Waals surface area (Å²) in [6, 6.07) is 0. The average Bonchev–Trinajstić information content (AvgIpc) is 2.10. The molecule has 6 nitrogen and oxygen atoms in total. The van der Waals surface area contributed by atoms with Crippen LogP contribution in [0.1, 0.15) is 26.2 Å². The molecule has 1 unspecified atom stereocenters. The van der Waals surface area contributed by atoms with Crippen LogP contribution in [0.15, 0.2) is 0 Å². The van der Waals surface area contributed by atoms with Gasteiger partial charge in [-0.05, 0) is 6.42 Å². The Morgan fingerprint density at radius 3 is 2.47 bits per heavy atom. The fraction of sp³-hybridized carbons (Fsp3) is 0.857. The molecule has 86 valence electrons. The van der Waals surface area contributed by atoms with E-state index in [-0.39, 0.29) is 6.42 Å². The Morgan fingerprint density at radius 2 is 2.13 bits per heavy atom. The number of carboxylic acids is 1. The summed E-state index contributed by atoms with van der Waals surface area (Å²) in [5.74, 6) is -1.24. The van der Waals surface area contributed by atoms with Crippen molar-refractivity contribution in [3.63, 3.8) is 0 Å². The standard InChI is InChI=1S/C7H15BN2O4S/c1-2-3-4-7(8,6(11)12)5-10-15(9,13)14/h10H,2-5H2,1H3,(H,11,12)(H2,9,13,14). The van der Waals surface area contributed by atoms with Crippen molar-refractivity contribution in [1.82, 2.24) is 4.72 Å². The second-order valence-electron chi connectivity index (χ2n) is 3.43. The van der Waals surface area contributed by atoms with Crippen LogP contribution in [0.25, 0.3) is 0 Å². The summed E-state index contributed by atoms with van der Waals surface area (Å²) in [6.07, 6.45) is 1.58. The van der Waals surface area contributed by atoms with E-state index < -0.39 is 28.0 Å². The van der Waals surface area contributed by atoms with Crippen LogP contribution in [0.3, 0.4) is 0 Å². The van der Waals surface area contributed by atoms with Gasteiger partial charge in [0, 0.05) is 11.9 Å². The largest absolute Gasteiger partial charge is 0.481 e. The van der Waals surface area contributed by atoms with Crippen molar-refractivity contribution in [3.8, 4) is 0 Å². The Bertz CT molecular complexity index is 319. The predicted molar refractivity (Wildman–Crippen MR) is 56.7 cm³/mol. The number of unbranched alkanes of at least 4 members (excludes halogenated alkanes) is 1. The lowest BCUT2D eigenvalue weighted by molar-refractivity contribution is -0.140.